The van der Waals surface area contributed by atoms with Gasteiger partial charge in [0, 0.05) is 11.8 Å². The van der Waals surface area contributed by atoms with Gasteiger partial charge in [-0.15, -0.1) is 0 Å². The van der Waals surface area contributed by atoms with Crippen molar-refractivity contribution < 1.29 is 13.5 Å². The molecule has 6 heteroatoms. The Hall–Kier alpha value is -1.66. The lowest BCUT2D eigenvalue weighted by atomic mass is 10.0. The number of aliphatic hydroxyl groups is 1. The largest absolute Gasteiger partial charge is 0.386 e. The van der Waals surface area contributed by atoms with Crippen molar-refractivity contribution in [3.05, 3.63) is 47.8 Å². The van der Waals surface area contributed by atoms with Crippen molar-refractivity contribution >= 4 is 10.0 Å². The van der Waals surface area contributed by atoms with Gasteiger partial charge in [0.2, 0.25) is 0 Å². The van der Waals surface area contributed by atoms with Gasteiger partial charge in [0.1, 0.15) is 0 Å². The van der Waals surface area contributed by atoms with E-state index in [1.165, 1.54) is 24.5 Å². The molecule has 0 fully saturated rings. The Morgan fingerprint density at radius 1 is 1.21 bits per heavy atom. The third-order valence-electron chi connectivity index (χ3n) is 2.83. The normalized spacial score (nSPS) is 12.6. The zero-order valence-electron chi connectivity index (χ0n) is 11.0. The maximum Gasteiger partial charge on any atom is 0.282 e. The maximum absolute atomic E-state index is 12.3. The van der Waals surface area contributed by atoms with E-state index in [-0.39, 0.29) is 4.90 Å². The average Bonchev–Trinajstić information content (AvgIpc) is 2.79. The number of hydrogen-bond donors (Lipinski definition) is 1. The van der Waals surface area contributed by atoms with E-state index in [9.17, 15) is 13.5 Å². The monoisotopic (exact) mass is 280 g/mol. The van der Waals surface area contributed by atoms with Crippen LogP contribution in [-0.2, 0) is 15.6 Å². The lowest BCUT2D eigenvalue weighted by Gasteiger charge is -2.13. The molecule has 2 rings (SSSR count). The van der Waals surface area contributed by atoms with E-state index >= 15 is 0 Å². The number of benzene rings is 1. The lowest BCUT2D eigenvalue weighted by Crippen LogP contribution is -2.16. The van der Waals surface area contributed by atoms with Crippen molar-refractivity contribution in [1.29, 1.82) is 0 Å². The molecule has 0 bridgehead atoms. The second-order valence-corrected chi connectivity index (χ2v) is 6.77. The molecule has 0 spiro atoms. The summed E-state index contributed by atoms with van der Waals surface area (Å²) in [6.07, 6.45) is 2.68. The van der Waals surface area contributed by atoms with Gasteiger partial charge < -0.3 is 5.11 Å². The molecule has 0 aliphatic rings. The van der Waals surface area contributed by atoms with Crippen molar-refractivity contribution in [2.24, 2.45) is 0 Å². The van der Waals surface area contributed by atoms with Crippen LogP contribution in [0.3, 0.4) is 0 Å². The standard InChI is InChI=1S/C13H16N2O3S/c1-10-4-6-12(7-5-10)19(17,18)15-9-11(8-14-15)13(2,3)16/h4-9,16H,1-3H3. The van der Waals surface area contributed by atoms with E-state index in [0.29, 0.717) is 5.56 Å². The zero-order valence-corrected chi connectivity index (χ0v) is 11.8. The first-order chi connectivity index (χ1) is 8.71. The number of hydrogen-bond acceptors (Lipinski definition) is 4. The Bertz CT molecular complexity index is 679. The summed E-state index contributed by atoms with van der Waals surface area (Å²) < 4.78 is 25.5. The summed E-state index contributed by atoms with van der Waals surface area (Å²) >= 11 is 0. The van der Waals surface area contributed by atoms with Gasteiger partial charge >= 0.3 is 0 Å². The predicted octanol–water partition coefficient (Wildman–Crippen LogP) is 1.66. The van der Waals surface area contributed by atoms with E-state index in [4.69, 9.17) is 0 Å². The first kappa shape index (κ1) is 13.8. The van der Waals surface area contributed by atoms with Gasteiger partial charge in [0.25, 0.3) is 10.0 Å². The highest BCUT2D eigenvalue weighted by Crippen LogP contribution is 2.21. The Kier molecular flexibility index (Phi) is 3.24. The smallest absolute Gasteiger partial charge is 0.282 e. The van der Waals surface area contributed by atoms with Crippen LogP contribution >= 0.6 is 0 Å². The molecule has 19 heavy (non-hydrogen) atoms. The minimum Gasteiger partial charge on any atom is -0.386 e. The molecule has 0 atom stereocenters. The van der Waals surface area contributed by atoms with E-state index in [0.717, 1.165) is 9.65 Å². The minimum atomic E-state index is -3.70. The zero-order chi connectivity index (χ0) is 14.3. The molecule has 2 aromatic rings. The summed E-state index contributed by atoms with van der Waals surface area (Å²) in [4.78, 5) is 0.170. The van der Waals surface area contributed by atoms with E-state index in [2.05, 4.69) is 5.10 Å². The van der Waals surface area contributed by atoms with Gasteiger partial charge in [0.05, 0.1) is 16.7 Å². The van der Waals surface area contributed by atoms with Crippen LogP contribution in [0.5, 0.6) is 0 Å². The van der Waals surface area contributed by atoms with Crippen LogP contribution in [0.15, 0.2) is 41.6 Å². The lowest BCUT2D eigenvalue weighted by molar-refractivity contribution is 0.0786. The van der Waals surface area contributed by atoms with Crippen LogP contribution < -0.4 is 0 Å². The summed E-state index contributed by atoms with van der Waals surface area (Å²) in [6, 6.07) is 6.53. The molecule has 1 N–H and O–H groups in total. The van der Waals surface area contributed by atoms with Crippen LogP contribution in [0.1, 0.15) is 25.0 Å². The number of nitrogens with zero attached hydrogens (tertiary/aromatic N) is 2. The van der Waals surface area contributed by atoms with Gasteiger partial charge in [-0.25, -0.2) is 0 Å². The van der Waals surface area contributed by atoms with Crippen molar-refractivity contribution in [3.8, 4) is 0 Å². The van der Waals surface area contributed by atoms with Crippen LogP contribution in [0.4, 0.5) is 0 Å². The summed E-state index contributed by atoms with van der Waals surface area (Å²) in [5.74, 6) is 0. The topological polar surface area (TPSA) is 72.2 Å². The highest BCUT2D eigenvalue weighted by molar-refractivity contribution is 7.89. The molecule has 1 heterocycles. The highest BCUT2D eigenvalue weighted by atomic mass is 32.2. The van der Waals surface area contributed by atoms with Crippen molar-refractivity contribution in [2.75, 3.05) is 0 Å². The number of aryl methyl sites for hydroxylation is 1. The summed E-state index contributed by atoms with van der Waals surface area (Å²) in [5.41, 5.74) is 0.306. The van der Waals surface area contributed by atoms with Crippen molar-refractivity contribution in [1.82, 2.24) is 9.19 Å². The summed E-state index contributed by atoms with van der Waals surface area (Å²) in [7, 11) is -3.70. The summed E-state index contributed by atoms with van der Waals surface area (Å²) in [5, 5.41) is 13.6. The molecular weight excluding hydrogens is 264 g/mol. The predicted molar refractivity (Wildman–Crippen MR) is 71.2 cm³/mol. The molecule has 0 aliphatic carbocycles. The van der Waals surface area contributed by atoms with Gasteiger partial charge in [-0.3, -0.25) is 0 Å². The third-order valence-corrected chi connectivity index (χ3v) is 4.39. The Morgan fingerprint density at radius 2 is 1.79 bits per heavy atom. The van der Waals surface area contributed by atoms with Crippen LogP contribution in [0.2, 0.25) is 0 Å². The molecule has 1 aromatic heterocycles. The maximum atomic E-state index is 12.3. The molecule has 5 nitrogen and oxygen atoms in total. The second-order valence-electron chi connectivity index (χ2n) is 4.98. The second kappa shape index (κ2) is 4.47. The Balaban J connectivity index is 2.46. The summed E-state index contributed by atoms with van der Waals surface area (Å²) in [6.45, 7) is 5.04. The molecular formula is C13H16N2O3S. The first-order valence-corrected chi connectivity index (χ1v) is 7.25. The molecule has 0 saturated heterocycles. The fourth-order valence-electron chi connectivity index (χ4n) is 1.57. The minimum absolute atomic E-state index is 0.170. The number of aromatic nitrogens is 2. The van der Waals surface area contributed by atoms with Crippen molar-refractivity contribution in [3.63, 3.8) is 0 Å². The molecule has 0 radical (unpaired) electrons. The third kappa shape index (κ3) is 2.69. The highest BCUT2D eigenvalue weighted by Gasteiger charge is 2.23. The molecule has 0 amide bonds. The van der Waals surface area contributed by atoms with Gasteiger partial charge in [-0.05, 0) is 32.9 Å². The first-order valence-electron chi connectivity index (χ1n) is 5.81. The molecule has 0 saturated carbocycles. The molecule has 102 valence electrons. The van der Waals surface area contributed by atoms with E-state index < -0.39 is 15.6 Å². The number of rotatable bonds is 3. The van der Waals surface area contributed by atoms with Crippen molar-refractivity contribution in [2.45, 2.75) is 31.3 Å². The van der Waals surface area contributed by atoms with E-state index in [1.54, 1.807) is 26.0 Å². The van der Waals surface area contributed by atoms with Gasteiger partial charge in [-0.1, -0.05) is 17.7 Å². The SMILES string of the molecule is Cc1ccc(S(=O)(=O)n2cc(C(C)(C)O)cn2)cc1. The van der Waals surface area contributed by atoms with Crippen LogP contribution in [0, 0.1) is 6.92 Å². The quantitative estimate of drug-likeness (QED) is 0.928. The fraction of sp³-hybridized carbons (Fsp3) is 0.308. The Labute approximate surface area is 112 Å². The fourth-order valence-corrected chi connectivity index (χ4v) is 2.69. The Morgan fingerprint density at radius 3 is 2.26 bits per heavy atom. The van der Waals surface area contributed by atoms with E-state index in [1.807, 2.05) is 6.92 Å². The van der Waals surface area contributed by atoms with Gasteiger partial charge in [-0.2, -0.15) is 17.6 Å². The molecule has 0 unspecified atom stereocenters. The van der Waals surface area contributed by atoms with Crippen LogP contribution in [0.25, 0.3) is 0 Å². The van der Waals surface area contributed by atoms with Gasteiger partial charge in [0.15, 0.2) is 0 Å². The molecule has 0 aliphatic heterocycles. The molecule has 1 aromatic carbocycles. The average molecular weight is 280 g/mol. The van der Waals surface area contributed by atoms with Crippen LogP contribution in [-0.4, -0.2) is 22.7 Å².